The Bertz CT molecular complexity index is 400. The van der Waals surface area contributed by atoms with Crippen molar-refractivity contribution in [3.8, 4) is 0 Å². The van der Waals surface area contributed by atoms with Crippen molar-refractivity contribution in [1.82, 2.24) is 0 Å². The van der Waals surface area contributed by atoms with Crippen LogP contribution < -0.4 is 0 Å². The minimum Gasteiger partial charge on any atom is -0.463 e. The lowest BCUT2D eigenvalue weighted by atomic mass is 9.95. The van der Waals surface area contributed by atoms with Gasteiger partial charge in [0.05, 0.1) is 6.61 Å². The lowest BCUT2D eigenvalue weighted by Gasteiger charge is -2.11. The van der Waals surface area contributed by atoms with Gasteiger partial charge in [0.15, 0.2) is 0 Å². The van der Waals surface area contributed by atoms with E-state index in [0.29, 0.717) is 12.5 Å². The van der Waals surface area contributed by atoms with Crippen molar-refractivity contribution >= 4 is 5.97 Å². The Hall–Kier alpha value is -1.31. The number of allylic oxidation sites excluding steroid dienone is 5. The van der Waals surface area contributed by atoms with Gasteiger partial charge in [-0.25, -0.2) is 4.79 Å². The van der Waals surface area contributed by atoms with Crippen LogP contribution in [0.3, 0.4) is 0 Å². The molecular weight excluding hydrogens is 260 g/mol. The van der Waals surface area contributed by atoms with Crippen molar-refractivity contribution < 1.29 is 9.53 Å². The molecule has 2 nitrogen and oxygen atoms in total. The molecule has 0 heterocycles. The van der Waals surface area contributed by atoms with Crippen molar-refractivity contribution in [1.29, 1.82) is 0 Å². The molecule has 0 radical (unpaired) electrons. The molecule has 0 saturated heterocycles. The van der Waals surface area contributed by atoms with Gasteiger partial charge in [-0.1, -0.05) is 37.1 Å². The summed E-state index contributed by atoms with van der Waals surface area (Å²) in [5.41, 5.74) is 3.75. The second kappa shape index (κ2) is 11.4. The predicted molar refractivity (Wildman–Crippen MR) is 91.2 cm³/mol. The van der Waals surface area contributed by atoms with E-state index >= 15 is 0 Å². The second-order valence-corrected chi connectivity index (χ2v) is 5.92. The molecule has 0 aromatic rings. The Labute approximate surface area is 131 Å². The first-order valence-corrected chi connectivity index (χ1v) is 8.06. The minimum atomic E-state index is -0.257. The summed E-state index contributed by atoms with van der Waals surface area (Å²) < 4.78 is 4.91. The van der Waals surface area contributed by atoms with E-state index in [2.05, 4.69) is 39.8 Å². The van der Waals surface area contributed by atoms with Gasteiger partial charge >= 0.3 is 5.97 Å². The first kappa shape index (κ1) is 19.7. The lowest BCUT2D eigenvalue weighted by molar-refractivity contribution is -0.137. The lowest BCUT2D eigenvalue weighted by Crippen LogP contribution is -2.00. The molecule has 0 saturated carbocycles. The zero-order valence-corrected chi connectivity index (χ0v) is 14.7. The third-order valence-electron chi connectivity index (χ3n) is 3.49. The molecule has 0 fully saturated rings. The van der Waals surface area contributed by atoms with E-state index in [9.17, 15) is 4.79 Å². The highest BCUT2D eigenvalue weighted by atomic mass is 16.5. The third-order valence-corrected chi connectivity index (χ3v) is 3.49. The molecule has 0 aliphatic carbocycles. The summed E-state index contributed by atoms with van der Waals surface area (Å²) in [6, 6.07) is 0. The van der Waals surface area contributed by atoms with Crippen molar-refractivity contribution in [2.24, 2.45) is 5.92 Å². The number of hydrogen-bond donors (Lipinski definition) is 0. The fourth-order valence-electron chi connectivity index (χ4n) is 2.27. The van der Waals surface area contributed by atoms with Gasteiger partial charge in [-0.15, -0.1) is 0 Å². The zero-order valence-electron chi connectivity index (χ0n) is 14.7. The molecule has 0 rings (SSSR count). The molecule has 1 unspecified atom stereocenters. The van der Waals surface area contributed by atoms with Crippen LogP contribution in [0, 0.1) is 5.92 Å². The summed E-state index contributed by atoms with van der Waals surface area (Å²) in [6.07, 6.45) is 10.6. The average Bonchev–Trinajstić information content (AvgIpc) is 2.37. The van der Waals surface area contributed by atoms with Gasteiger partial charge in [0.25, 0.3) is 0 Å². The van der Waals surface area contributed by atoms with Crippen molar-refractivity contribution in [3.05, 3.63) is 34.9 Å². The van der Waals surface area contributed by atoms with E-state index in [4.69, 9.17) is 4.74 Å². The molecule has 120 valence electrons. The molecule has 21 heavy (non-hydrogen) atoms. The topological polar surface area (TPSA) is 26.3 Å². The Kier molecular flexibility index (Phi) is 10.7. The maximum Gasteiger partial charge on any atom is 0.330 e. The number of carbonyl (C=O) groups is 1. The van der Waals surface area contributed by atoms with Crippen LogP contribution in [0.25, 0.3) is 0 Å². The standard InChI is InChI=1S/C19H32O2/c1-7-15(3)10-9-11-16(4)12-17(5)13-18(6)14-19(20)21-8-2/h10,13-14,16H,7-9,11-12H2,1-6H3/b15-10+,17-13+,18-14+. The molecule has 0 spiro atoms. The molecule has 2 heteroatoms. The van der Waals surface area contributed by atoms with E-state index in [1.54, 1.807) is 6.08 Å². The minimum absolute atomic E-state index is 0.257. The number of ether oxygens (including phenoxy) is 1. The molecule has 0 N–H and O–H groups in total. The normalized spacial score (nSPS) is 15.0. The van der Waals surface area contributed by atoms with Gasteiger partial charge in [-0.05, 0) is 64.9 Å². The molecular formula is C19H32O2. The maximum atomic E-state index is 11.4. The van der Waals surface area contributed by atoms with Crippen LogP contribution >= 0.6 is 0 Å². The van der Waals surface area contributed by atoms with Crippen LogP contribution in [0.2, 0.25) is 0 Å². The molecule has 0 aliphatic heterocycles. The van der Waals surface area contributed by atoms with Crippen LogP contribution in [-0.4, -0.2) is 12.6 Å². The molecule has 1 atom stereocenters. The smallest absolute Gasteiger partial charge is 0.330 e. The monoisotopic (exact) mass is 292 g/mol. The summed E-state index contributed by atoms with van der Waals surface area (Å²) in [4.78, 5) is 11.4. The van der Waals surface area contributed by atoms with Gasteiger partial charge in [0, 0.05) is 6.08 Å². The van der Waals surface area contributed by atoms with Gasteiger partial charge in [-0.3, -0.25) is 0 Å². The van der Waals surface area contributed by atoms with Gasteiger partial charge < -0.3 is 4.74 Å². The van der Waals surface area contributed by atoms with Crippen LogP contribution in [-0.2, 0) is 9.53 Å². The van der Waals surface area contributed by atoms with E-state index < -0.39 is 0 Å². The van der Waals surface area contributed by atoms with E-state index in [-0.39, 0.29) is 5.97 Å². The molecule has 0 amide bonds. The number of hydrogen-bond acceptors (Lipinski definition) is 2. The third kappa shape index (κ3) is 11.1. The summed E-state index contributed by atoms with van der Waals surface area (Å²) >= 11 is 0. The Balaban J connectivity index is 4.30. The van der Waals surface area contributed by atoms with Crippen LogP contribution in [0.15, 0.2) is 34.9 Å². The summed E-state index contributed by atoms with van der Waals surface area (Å²) in [5.74, 6) is 0.407. The highest BCUT2D eigenvalue weighted by Gasteiger charge is 2.03. The molecule has 0 bridgehead atoms. The van der Waals surface area contributed by atoms with Crippen LogP contribution in [0.4, 0.5) is 0 Å². The highest BCUT2D eigenvalue weighted by molar-refractivity contribution is 5.83. The Morgan fingerprint density at radius 2 is 1.76 bits per heavy atom. The predicted octanol–water partition coefficient (Wildman–Crippen LogP) is 5.60. The van der Waals surface area contributed by atoms with Crippen LogP contribution in [0.5, 0.6) is 0 Å². The largest absolute Gasteiger partial charge is 0.463 e. The summed E-state index contributed by atoms with van der Waals surface area (Å²) in [6.45, 7) is 13.0. The fourth-order valence-corrected chi connectivity index (χ4v) is 2.27. The SMILES string of the molecule is CCOC(=O)/C=C(C)/C=C(\C)CC(C)CC/C=C(\C)CC. The second-order valence-electron chi connectivity index (χ2n) is 5.92. The molecule has 0 aromatic carbocycles. The van der Waals surface area contributed by atoms with Crippen molar-refractivity contribution in [3.63, 3.8) is 0 Å². The van der Waals surface area contributed by atoms with Crippen molar-refractivity contribution in [2.75, 3.05) is 6.61 Å². The Morgan fingerprint density at radius 1 is 1.10 bits per heavy atom. The molecule has 0 aliphatic rings. The zero-order chi connectivity index (χ0) is 16.3. The number of carbonyl (C=O) groups excluding carboxylic acids is 1. The van der Waals surface area contributed by atoms with Gasteiger partial charge in [0.1, 0.15) is 0 Å². The Morgan fingerprint density at radius 3 is 2.33 bits per heavy atom. The average molecular weight is 292 g/mol. The van der Waals surface area contributed by atoms with Crippen LogP contribution in [0.1, 0.15) is 67.2 Å². The van der Waals surface area contributed by atoms with Gasteiger partial charge in [0.2, 0.25) is 0 Å². The van der Waals surface area contributed by atoms with Crippen molar-refractivity contribution in [2.45, 2.75) is 67.2 Å². The van der Waals surface area contributed by atoms with Gasteiger partial charge in [-0.2, -0.15) is 0 Å². The first-order chi connectivity index (χ1) is 9.88. The number of esters is 1. The maximum absolute atomic E-state index is 11.4. The number of rotatable bonds is 9. The van der Waals surface area contributed by atoms with E-state index in [0.717, 1.165) is 24.8 Å². The first-order valence-electron chi connectivity index (χ1n) is 8.06. The summed E-state index contributed by atoms with van der Waals surface area (Å²) in [7, 11) is 0. The van der Waals surface area contributed by atoms with E-state index in [1.165, 1.54) is 17.6 Å². The highest BCUT2D eigenvalue weighted by Crippen LogP contribution is 2.18. The quantitative estimate of drug-likeness (QED) is 0.239. The summed E-state index contributed by atoms with van der Waals surface area (Å²) in [5, 5.41) is 0. The molecule has 0 aromatic heterocycles. The fraction of sp³-hybridized carbons (Fsp3) is 0.632. The van der Waals surface area contributed by atoms with E-state index in [1.807, 2.05) is 13.8 Å².